The van der Waals surface area contributed by atoms with Gasteiger partial charge in [-0.3, -0.25) is 0 Å². The Hall–Kier alpha value is -1.86. The Bertz CT molecular complexity index is 570. The topological polar surface area (TPSA) is 49.6 Å². The highest BCUT2D eigenvalue weighted by atomic mass is 32.2. The first-order valence-electron chi connectivity index (χ1n) is 5.17. The van der Waals surface area contributed by atoms with Gasteiger partial charge in [0.05, 0.1) is 0 Å². The molecule has 0 N–H and O–H groups in total. The van der Waals surface area contributed by atoms with Crippen molar-refractivity contribution in [1.82, 2.24) is 9.97 Å². The van der Waals surface area contributed by atoms with Gasteiger partial charge in [0.15, 0.2) is 5.16 Å². The van der Waals surface area contributed by atoms with Crippen LogP contribution in [0.2, 0.25) is 0 Å². The zero-order chi connectivity index (χ0) is 12.3. The molecule has 0 saturated carbocycles. The monoisotopic (exact) mass is 241 g/mol. The predicted molar refractivity (Wildman–Crippen MR) is 66.8 cm³/mol. The van der Waals surface area contributed by atoms with E-state index >= 15 is 0 Å². The molecule has 0 saturated heterocycles. The lowest BCUT2D eigenvalue weighted by molar-refractivity contribution is 0.919. The summed E-state index contributed by atoms with van der Waals surface area (Å²) in [7, 11) is 0. The van der Waals surface area contributed by atoms with Crippen molar-refractivity contribution < 1.29 is 0 Å². The highest BCUT2D eigenvalue weighted by Gasteiger charge is 2.03. The van der Waals surface area contributed by atoms with Crippen molar-refractivity contribution in [2.24, 2.45) is 0 Å². The Kier molecular flexibility index (Phi) is 3.40. The predicted octanol–water partition coefficient (Wildman–Crippen LogP) is 3.12. The number of benzene rings is 1. The van der Waals surface area contributed by atoms with E-state index in [4.69, 9.17) is 5.26 Å². The van der Waals surface area contributed by atoms with Crippen molar-refractivity contribution in [3.63, 3.8) is 0 Å². The van der Waals surface area contributed by atoms with Gasteiger partial charge in [0.25, 0.3) is 0 Å². The third kappa shape index (κ3) is 3.05. The molecule has 0 spiro atoms. The van der Waals surface area contributed by atoms with Crippen molar-refractivity contribution in [1.29, 1.82) is 5.26 Å². The lowest BCUT2D eigenvalue weighted by Crippen LogP contribution is -1.93. The van der Waals surface area contributed by atoms with Gasteiger partial charge in [-0.1, -0.05) is 17.7 Å². The molecule has 0 aliphatic heterocycles. The Morgan fingerprint density at radius 3 is 2.47 bits per heavy atom. The van der Waals surface area contributed by atoms with Crippen LogP contribution < -0.4 is 0 Å². The first-order valence-corrected chi connectivity index (χ1v) is 5.99. The largest absolute Gasteiger partial charge is 0.228 e. The van der Waals surface area contributed by atoms with E-state index in [0.29, 0.717) is 10.9 Å². The molecule has 0 fully saturated rings. The minimum Gasteiger partial charge on any atom is -0.228 e. The van der Waals surface area contributed by atoms with E-state index in [1.165, 1.54) is 17.3 Å². The maximum Gasteiger partial charge on any atom is 0.193 e. The number of hydrogen-bond acceptors (Lipinski definition) is 4. The number of rotatable bonds is 2. The number of nitriles is 1. The molecule has 0 bridgehead atoms. The molecule has 3 nitrogen and oxygen atoms in total. The molecule has 84 valence electrons. The van der Waals surface area contributed by atoms with E-state index in [2.05, 4.69) is 9.97 Å². The molecule has 0 atom stereocenters. The minimum absolute atomic E-state index is 0.409. The van der Waals surface area contributed by atoms with E-state index in [-0.39, 0.29) is 0 Å². The molecule has 17 heavy (non-hydrogen) atoms. The number of hydrogen-bond donors (Lipinski definition) is 0. The average molecular weight is 241 g/mol. The Labute approximate surface area is 105 Å². The molecular weight excluding hydrogens is 230 g/mol. The average Bonchev–Trinajstić information content (AvgIpc) is 2.31. The molecule has 0 aliphatic rings. The molecule has 2 aromatic rings. The van der Waals surface area contributed by atoms with Gasteiger partial charge in [-0.15, -0.1) is 0 Å². The zero-order valence-corrected chi connectivity index (χ0v) is 10.5. The first-order chi connectivity index (χ1) is 8.17. The van der Waals surface area contributed by atoms with Crippen LogP contribution in [0.1, 0.15) is 17.0 Å². The van der Waals surface area contributed by atoms with Crippen LogP contribution in [0, 0.1) is 25.2 Å². The number of aryl methyl sites for hydroxylation is 2. The van der Waals surface area contributed by atoms with Gasteiger partial charge in [-0.05, 0) is 43.8 Å². The summed E-state index contributed by atoms with van der Waals surface area (Å²) >= 11 is 1.47. The van der Waals surface area contributed by atoms with Crippen LogP contribution in [-0.4, -0.2) is 9.97 Å². The fourth-order valence-electron chi connectivity index (χ4n) is 1.36. The van der Waals surface area contributed by atoms with Gasteiger partial charge in [0.2, 0.25) is 0 Å². The number of nitrogens with zero attached hydrogens (tertiary/aromatic N) is 3. The van der Waals surface area contributed by atoms with Crippen molar-refractivity contribution in [2.45, 2.75) is 23.9 Å². The van der Waals surface area contributed by atoms with E-state index in [1.807, 2.05) is 44.2 Å². The van der Waals surface area contributed by atoms with Crippen molar-refractivity contribution in [3.05, 3.63) is 47.3 Å². The second-order valence-corrected chi connectivity index (χ2v) is 4.74. The fourth-order valence-corrected chi connectivity index (χ4v) is 2.17. The second-order valence-electron chi connectivity index (χ2n) is 3.70. The van der Waals surface area contributed by atoms with Gasteiger partial charge >= 0.3 is 0 Å². The maximum absolute atomic E-state index is 8.84. The van der Waals surface area contributed by atoms with E-state index < -0.39 is 0 Å². The highest BCUT2D eigenvalue weighted by molar-refractivity contribution is 7.99. The molecule has 1 heterocycles. The molecule has 0 unspecified atom stereocenters. The van der Waals surface area contributed by atoms with Crippen LogP contribution in [0.15, 0.2) is 40.4 Å². The van der Waals surface area contributed by atoms with Gasteiger partial charge in [-0.2, -0.15) is 5.26 Å². The molecule has 4 heteroatoms. The van der Waals surface area contributed by atoms with Crippen LogP contribution in [0.4, 0.5) is 0 Å². The van der Waals surface area contributed by atoms with Gasteiger partial charge < -0.3 is 0 Å². The van der Waals surface area contributed by atoms with E-state index in [9.17, 15) is 0 Å². The minimum atomic E-state index is 0.409. The third-order valence-electron chi connectivity index (χ3n) is 2.18. The summed E-state index contributed by atoms with van der Waals surface area (Å²) in [6.07, 6.45) is 0. The van der Waals surface area contributed by atoms with Crippen molar-refractivity contribution in [3.8, 4) is 6.07 Å². The van der Waals surface area contributed by atoms with Crippen LogP contribution >= 0.6 is 11.8 Å². The molecule has 2 rings (SSSR count). The first kappa shape index (κ1) is 11.6. The van der Waals surface area contributed by atoms with Crippen LogP contribution in [0.3, 0.4) is 0 Å². The van der Waals surface area contributed by atoms with Crippen LogP contribution in [-0.2, 0) is 0 Å². The molecule has 1 aromatic heterocycles. The lowest BCUT2D eigenvalue weighted by atomic mass is 10.2. The highest BCUT2D eigenvalue weighted by Crippen LogP contribution is 2.24. The third-order valence-corrected chi connectivity index (χ3v) is 3.05. The molecule has 1 aromatic carbocycles. The standard InChI is InChI=1S/C13H11N3S/c1-9-3-5-12(6-4-9)17-13-15-10(2)7-11(8-14)16-13/h3-7H,1-2H3. The Morgan fingerprint density at radius 2 is 1.82 bits per heavy atom. The Balaban J connectivity index is 2.27. The summed E-state index contributed by atoms with van der Waals surface area (Å²) < 4.78 is 0. The van der Waals surface area contributed by atoms with Crippen molar-refractivity contribution in [2.75, 3.05) is 0 Å². The number of aromatic nitrogens is 2. The van der Waals surface area contributed by atoms with Crippen LogP contribution in [0.25, 0.3) is 0 Å². The summed E-state index contributed by atoms with van der Waals surface area (Å²) in [5.74, 6) is 0. The summed E-state index contributed by atoms with van der Waals surface area (Å²) in [5.41, 5.74) is 2.44. The van der Waals surface area contributed by atoms with Gasteiger partial charge in [-0.25, -0.2) is 9.97 Å². The lowest BCUT2D eigenvalue weighted by Gasteiger charge is -2.02. The molecule has 0 radical (unpaired) electrons. The SMILES string of the molecule is Cc1ccc(Sc2nc(C)cc(C#N)n2)cc1. The summed E-state index contributed by atoms with van der Waals surface area (Å²) in [6.45, 7) is 3.91. The van der Waals surface area contributed by atoms with Gasteiger partial charge in [0, 0.05) is 10.6 Å². The summed E-state index contributed by atoms with van der Waals surface area (Å²) in [4.78, 5) is 9.53. The molecule has 0 amide bonds. The van der Waals surface area contributed by atoms with Gasteiger partial charge in [0.1, 0.15) is 11.8 Å². The quantitative estimate of drug-likeness (QED) is 0.758. The summed E-state index contributed by atoms with van der Waals surface area (Å²) in [5, 5.41) is 9.46. The van der Waals surface area contributed by atoms with Crippen LogP contribution in [0.5, 0.6) is 0 Å². The fraction of sp³-hybridized carbons (Fsp3) is 0.154. The van der Waals surface area contributed by atoms with E-state index in [1.54, 1.807) is 6.07 Å². The maximum atomic E-state index is 8.84. The molecular formula is C13H11N3S. The van der Waals surface area contributed by atoms with Crippen molar-refractivity contribution >= 4 is 11.8 Å². The normalized spacial score (nSPS) is 9.94. The zero-order valence-electron chi connectivity index (χ0n) is 9.64. The smallest absolute Gasteiger partial charge is 0.193 e. The Morgan fingerprint density at radius 1 is 1.12 bits per heavy atom. The summed E-state index contributed by atoms with van der Waals surface area (Å²) in [6, 6.07) is 11.9. The second kappa shape index (κ2) is 4.98. The van der Waals surface area contributed by atoms with E-state index in [0.717, 1.165) is 10.6 Å². The molecule has 0 aliphatic carbocycles.